The van der Waals surface area contributed by atoms with Gasteiger partial charge in [-0.2, -0.15) is 0 Å². The van der Waals surface area contributed by atoms with Crippen LogP contribution in [0.25, 0.3) is 5.76 Å². The zero-order valence-electron chi connectivity index (χ0n) is 22.1. The summed E-state index contributed by atoms with van der Waals surface area (Å²) in [5, 5.41) is 20.1. The molecule has 1 fully saturated rings. The second kappa shape index (κ2) is 12.8. The van der Waals surface area contributed by atoms with Gasteiger partial charge >= 0.3 is 5.91 Å². The number of pyridine rings is 1. The van der Waals surface area contributed by atoms with Crippen molar-refractivity contribution in [1.29, 1.82) is 0 Å². The van der Waals surface area contributed by atoms with E-state index >= 15 is 0 Å². The molecule has 2 aromatic carbocycles. The zero-order chi connectivity index (χ0) is 28.8. The van der Waals surface area contributed by atoms with Crippen LogP contribution in [0, 0.1) is 0 Å². The fraction of sp³-hybridized carbons (Fsp3) is 0.167. The molecule has 0 spiro atoms. The number of anilines is 1. The van der Waals surface area contributed by atoms with Gasteiger partial charge in [-0.1, -0.05) is 72.2 Å². The van der Waals surface area contributed by atoms with Gasteiger partial charge in [0.2, 0.25) is 5.13 Å². The highest BCUT2D eigenvalue weighted by Gasteiger charge is 2.48. The van der Waals surface area contributed by atoms with Gasteiger partial charge in [-0.05, 0) is 42.3 Å². The number of aromatic nitrogens is 3. The number of ether oxygens (including phenoxy) is 2. The van der Waals surface area contributed by atoms with Gasteiger partial charge in [-0.3, -0.25) is 19.5 Å². The van der Waals surface area contributed by atoms with Crippen LogP contribution >= 0.6 is 23.1 Å². The number of carbonyl (C=O) groups excluding carboxylic acids is 2. The van der Waals surface area contributed by atoms with E-state index in [1.165, 1.54) is 40.4 Å². The van der Waals surface area contributed by atoms with Crippen molar-refractivity contribution in [3.05, 3.63) is 108 Å². The highest BCUT2D eigenvalue weighted by atomic mass is 32.2. The van der Waals surface area contributed by atoms with Gasteiger partial charge in [0.1, 0.15) is 12.4 Å². The van der Waals surface area contributed by atoms with E-state index in [9.17, 15) is 14.7 Å². The summed E-state index contributed by atoms with van der Waals surface area (Å²) in [4.78, 5) is 32.3. The second-order valence-corrected chi connectivity index (χ2v) is 10.9. The molecule has 11 heteroatoms. The Morgan fingerprint density at radius 1 is 1.07 bits per heavy atom. The van der Waals surface area contributed by atoms with Crippen LogP contribution < -0.4 is 14.4 Å². The van der Waals surface area contributed by atoms with E-state index in [1.807, 2.05) is 37.3 Å². The van der Waals surface area contributed by atoms with Gasteiger partial charge in [0.05, 0.1) is 18.2 Å². The fourth-order valence-electron chi connectivity index (χ4n) is 4.32. The summed E-state index contributed by atoms with van der Waals surface area (Å²) in [5.74, 6) is -0.376. The number of thioether (sulfide) groups is 1. The molecule has 0 radical (unpaired) electrons. The van der Waals surface area contributed by atoms with E-state index in [-0.39, 0.29) is 23.1 Å². The molecule has 1 unspecified atom stereocenters. The zero-order valence-corrected chi connectivity index (χ0v) is 23.7. The number of ketones is 1. The van der Waals surface area contributed by atoms with Crippen LogP contribution in [-0.4, -0.2) is 45.2 Å². The van der Waals surface area contributed by atoms with Crippen LogP contribution in [0.15, 0.2) is 95.6 Å². The van der Waals surface area contributed by atoms with E-state index in [4.69, 9.17) is 9.47 Å². The third kappa shape index (κ3) is 6.01. The van der Waals surface area contributed by atoms with Crippen molar-refractivity contribution in [1.82, 2.24) is 15.2 Å². The molecule has 2 aromatic heterocycles. The van der Waals surface area contributed by atoms with Crippen LogP contribution in [0.3, 0.4) is 0 Å². The number of rotatable bonds is 11. The molecule has 0 aliphatic carbocycles. The minimum Gasteiger partial charge on any atom is -0.507 e. The molecule has 1 aliphatic heterocycles. The molecular weight excluding hydrogens is 560 g/mol. The number of amides is 1. The first-order valence-corrected chi connectivity index (χ1v) is 14.5. The van der Waals surface area contributed by atoms with Gasteiger partial charge in [0.15, 0.2) is 15.8 Å². The third-order valence-electron chi connectivity index (χ3n) is 6.15. The molecule has 3 heterocycles. The van der Waals surface area contributed by atoms with Crippen molar-refractivity contribution < 1.29 is 24.2 Å². The van der Waals surface area contributed by atoms with Gasteiger partial charge in [0, 0.05) is 23.7 Å². The molecule has 1 aliphatic rings. The fourth-order valence-corrected chi connectivity index (χ4v) is 6.14. The van der Waals surface area contributed by atoms with Crippen LogP contribution in [-0.2, 0) is 15.3 Å². The maximum atomic E-state index is 13.5. The summed E-state index contributed by atoms with van der Waals surface area (Å²) in [6, 6.07) is 17.2. The minimum absolute atomic E-state index is 0.0721. The number of carbonyl (C=O) groups is 2. The Hall–Kier alpha value is -4.48. The molecular formula is C30H26N4O5S2. The quantitative estimate of drug-likeness (QED) is 0.0580. The van der Waals surface area contributed by atoms with Crippen molar-refractivity contribution in [2.45, 2.75) is 23.1 Å². The average molecular weight is 587 g/mol. The number of nitrogens with zero attached hydrogens (tertiary/aromatic N) is 4. The summed E-state index contributed by atoms with van der Waals surface area (Å²) >= 11 is 2.69. The predicted octanol–water partition coefficient (Wildman–Crippen LogP) is 5.82. The van der Waals surface area contributed by atoms with Crippen molar-refractivity contribution in [2.75, 3.05) is 18.1 Å². The Morgan fingerprint density at radius 2 is 1.85 bits per heavy atom. The van der Waals surface area contributed by atoms with Crippen molar-refractivity contribution in [2.24, 2.45) is 0 Å². The number of benzene rings is 2. The molecule has 1 N–H and O–H groups in total. The predicted molar refractivity (Wildman–Crippen MR) is 158 cm³/mol. The maximum absolute atomic E-state index is 13.5. The average Bonchev–Trinajstić information content (AvgIpc) is 3.58. The maximum Gasteiger partial charge on any atom is 0.301 e. The lowest BCUT2D eigenvalue weighted by Crippen LogP contribution is -2.29. The van der Waals surface area contributed by atoms with Gasteiger partial charge in [-0.15, -0.1) is 10.2 Å². The summed E-state index contributed by atoms with van der Waals surface area (Å²) in [5.41, 5.74) is 1.93. The Kier molecular flexibility index (Phi) is 8.76. The lowest BCUT2D eigenvalue weighted by atomic mass is 9.95. The molecule has 41 heavy (non-hydrogen) atoms. The summed E-state index contributed by atoms with van der Waals surface area (Å²) in [6.45, 7) is 6.16. The first-order valence-electron chi connectivity index (χ1n) is 12.7. The van der Waals surface area contributed by atoms with Crippen LogP contribution in [0.5, 0.6) is 11.5 Å². The van der Waals surface area contributed by atoms with Crippen molar-refractivity contribution >= 4 is 45.7 Å². The van der Waals surface area contributed by atoms with Crippen molar-refractivity contribution in [3.63, 3.8) is 0 Å². The van der Waals surface area contributed by atoms with Gasteiger partial charge in [0.25, 0.3) is 5.78 Å². The Morgan fingerprint density at radius 3 is 2.59 bits per heavy atom. The molecule has 1 atom stereocenters. The number of hydrogen-bond donors (Lipinski definition) is 1. The second-order valence-electron chi connectivity index (χ2n) is 8.77. The topological polar surface area (TPSA) is 115 Å². The molecule has 5 rings (SSSR count). The van der Waals surface area contributed by atoms with Gasteiger partial charge in [-0.25, -0.2) is 0 Å². The van der Waals surface area contributed by atoms with Crippen LogP contribution in [0.2, 0.25) is 0 Å². The summed E-state index contributed by atoms with van der Waals surface area (Å²) in [7, 11) is 0. The van der Waals surface area contributed by atoms with E-state index in [0.717, 1.165) is 5.56 Å². The standard InChI is InChI=1S/C30H26N4O5S2/c1-3-16-39-22-11-10-21(17-23(22)38-4-2)25-24(26(35)20-12-14-31-15-13-20)27(36)28(37)34(25)29-32-33-30(41-29)40-18-19-8-6-5-7-9-19/h3,5-15,17,25,35H,1,4,16,18H2,2H3/b26-24+. The summed E-state index contributed by atoms with van der Waals surface area (Å²) in [6.07, 6.45) is 4.62. The molecule has 0 bridgehead atoms. The highest BCUT2D eigenvalue weighted by Crippen LogP contribution is 2.45. The molecule has 0 saturated carbocycles. The summed E-state index contributed by atoms with van der Waals surface area (Å²) < 4.78 is 12.2. The smallest absolute Gasteiger partial charge is 0.301 e. The number of aliphatic hydroxyl groups is 1. The molecule has 208 valence electrons. The molecule has 9 nitrogen and oxygen atoms in total. The molecule has 1 amide bonds. The Labute approximate surface area is 245 Å². The van der Waals surface area contributed by atoms with E-state index < -0.39 is 17.7 Å². The minimum atomic E-state index is -0.990. The Bertz CT molecular complexity index is 1590. The highest BCUT2D eigenvalue weighted by molar-refractivity contribution is 8.00. The monoisotopic (exact) mass is 586 g/mol. The number of aliphatic hydroxyl groups excluding tert-OH is 1. The Balaban J connectivity index is 1.58. The van der Waals surface area contributed by atoms with Crippen LogP contribution in [0.4, 0.5) is 5.13 Å². The van der Waals surface area contributed by atoms with E-state index in [2.05, 4.69) is 21.8 Å². The van der Waals surface area contributed by atoms with E-state index in [0.29, 0.717) is 39.3 Å². The third-order valence-corrected chi connectivity index (χ3v) is 8.27. The first-order chi connectivity index (χ1) is 20.0. The van der Waals surface area contributed by atoms with E-state index in [1.54, 1.807) is 36.4 Å². The lowest BCUT2D eigenvalue weighted by Gasteiger charge is -2.23. The number of Topliss-reactive ketones (excluding diaryl/α,β-unsaturated/α-hetero) is 1. The molecule has 4 aromatic rings. The van der Waals surface area contributed by atoms with Crippen LogP contribution in [0.1, 0.15) is 29.7 Å². The first kappa shape index (κ1) is 28.1. The number of hydrogen-bond acceptors (Lipinski definition) is 10. The normalized spacial score (nSPS) is 16.1. The largest absolute Gasteiger partial charge is 0.507 e. The SMILES string of the molecule is C=CCOc1ccc(C2/C(=C(\O)c3ccncc3)C(=O)C(=O)N2c2nnc(SCc3ccccc3)s2)cc1OCC. The lowest BCUT2D eigenvalue weighted by molar-refractivity contribution is -0.132. The molecule has 1 saturated heterocycles. The van der Waals surface area contributed by atoms with Gasteiger partial charge < -0.3 is 14.6 Å². The van der Waals surface area contributed by atoms with Crippen molar-refractivity contribution in [3.8, 4) is 11.5 Å².